The van der Waals surface area contributed by atoms with E-state index in [4.69, 9.17) is 17.8 Å². The van der Waals surface area contributed by atoms with Gasteiger partial charge in [-0.2, -0.15) is 4.57 Å². The van der Waals surface area contributed by atoms with E-state index in [1.54, 1.807) is 6.07 Å². The molecule has 0 aliphatic rings. The summed E-state index contributed by atoms with van der Waals surface area (Å²) >= 11 is 0. The van der Waals surface area contributed by atoms with Gasteiger partial charge in [-0.05, 0) is 29.5 Å². The number of furan rings is 1. The van der Waals surface area contributed by atoms with Crippen LogP contribution in [0.4, 0.5) is 5.69 Å². The summed E-state index contributed by atoms with van der Waals surface area (Å²) in [6.45, 7) is 16.2. The van der Waals surface area contributed by atoms with Crippen molar-refractivity contribution in [1.82, 2.24) is 0 Å². The van der Waals surface area contributed by atoms with E-state index >= 15 is 0 Å². The lowest BCUT2D eigenvalue weighted by atomic mass is 9.95. The van der Waals surface area contributed by atoms with Crippen LogP contribution in [0.2, 0.25) is 0 Å². The number of rotatable bonds is 3. The maximum atomic E-state index is 8.56. The van der Waals surface area contributed by atoms with Gasteiger partial charge in [0.25, 0.3) is 0 Å². The average molecular weight is 437 g/mol. The Kier molecular flexibility index (Phi) is 3.79. The van der Waals surface area contributed by atoms with Crippen LogP contribution in [0.3, 0.4) is 0 Å². The second kappa shape index (κ2) is 7.90. The molecule has 0 spiro atoms. The van der Waals surface area contributed by atoms with Crippen LogP contribution in [0.1, 0.15) is 43.4 Å². The van der Waals surface area contributed by atoms with Crippen molar-refractivity contribution in [3.8, 4) is 22.4 Å². The minimum atomic E-state index is -0.476. The standard InChI is InChI=1S/C30H27N2O/c1-18(2)22-16-20(4)32(6)26(17-22)27-19(3)12-13-23-24-14-15-25(31-5)28(30(24)33-29(23)27)21-10-8-7-9-11-21/h7-18H,1-4,6H3/q+1/i7D,8D,9D,10D,11D. The van der Waals surface area contributed by atoms with E-state index in [0.29, 0.717) is 17.1 Å². The summed E-state index contributed by atoms with van der Waals surface area (Å²) in [6, 6.07) is 9.70. The zero-order valence-electron chi connectivity index (χ0n) is 24.3. The molecule has 0 fully saturated rings. The van der Waals surface area contributed by atoms with Crippen molar-refractivity contribution in [3.05, 3.63) is 94.8 Å². The van der Waals surface area contributed by atoms with Gasteiger partial charge >= 0.3 is 0 Å². The van der Waals surface area contributed by atoms with E-state index in [-0.39, 0.29) is 28.9 Å². The number of hydrogen-bond donors (Lipinski definition) is 0. The molecule has 5 aromatic rings. The highest BCUT2D eigenvalue weighted by Crippen LogP contribution is 2.44. The molecule has 3 nitrogen and oxygen atoms in total. The first kappa shape index (κ1) is 15.8. The lowest BCUT2D eigenvalue weighted by Gasteiger charge is -2.11. The minimum Gasteiger partial charge on any atom is -0.456 e. The van der Waals surface area contributed by atoms with Gasteiger partial charge < -0.3 is 4.42 Å². The predicted octanol–water partition coefficient (Wildman–Crippen LogP) is 8.04. The monoisotopic (exact) mass is 436 g/mol. The molecule has 3 aromatic carbocycles. The first-order valence-corrected chi connectivity index (χ1v) is 10.9. The van der Waals surface area contributed by atoms with Crippen LogP contribution in [-0.4, -0.2) is 0 Å². The summed E-state index contributed by atoms with van der Waals surface area (Å²) in [7, 11) is 2.02. The van der Waals surface area contributed by atoms with Gasteiger partial charge in [0.15, 0.2) is 11.4 Å². The van der Waals surface area contributed by atoms with Crippen molar-refractivity contribution in [1.29, 1.82) is 0 Å². The highest BCUT2D eigenvalue weighted by Gasteiger charge is 2.24. The van der Waals surface area contributed by atoms with Gasteiger partial charge in [0.05, 0.1) is 19.0 Å². The Balaban J connectivity index is 1.96. The zero-order chi connectivity index (χ0) is 27.6. The lowest BCUT2D eigenvalue weighted by Crippen LogP contribution is -2.35. The van der Waals surface area contributed by atoms with Gasteiger partial charge in [-0.3, -0.25) is 0 Å². The number of benzene rings is 3. The van der Waals surface area contributed by atoms with Gasteiger partial charge in [0, 0.05) is 35.4 Å². The zero-order valence-corrected chi connectivity index (χ0v) is 19.3. The molecule has 0 unspecified atom stereocenters. The fourth-order valence-corrected chi connectivity index (χ4v) is 4.42. The number of fused-ring (bicyclic) bond motifs is 3. The van der Waals surface area contributed by atoms with Crippen molar-refractivity contribution in [2.45, 2.75) is 33.6 Å². The van der Waals surface area contributed by atoms with Crippen LogP contribution >= 0.6 is 0 Å². The number of aromatic nitrogens is 1. The molecule has 2 aromatic heterocycles. The molecule has 0 atom stereocenters. The second-order valence-electron chi connectivity index (χ2n) is 8.71. The third kappa shape index (κ3) is 3.31. The average Bonchev–Trinajstić information content (AvgIpc) is 3.26. The highest BCUT2D eigenvalue weighted by molar-refractivity contribution is 6.15. The summed E-state index contributed by atoms with van der Waals surface area (Å²) in [4.78, 5) is 3.64. The molecule has 0 radical (unpaired) electrons. The fourth-order valence-electron chi connectivity index (χ4n) is 4.42. The van der Waals surface area contributed by atoms with Crippen molar-refractivity contribution in [2.24, 2.45) is 7.05 Å². The number of aryl methyl sites for hydroxylation is 2. The number of nitrogens with zero attached hydrogens (tertiary/aromatic N) is 2. The van der Waals surface area contributed by atoms with Crippen LogP contribution in [0, 0.1) is 20.4 Å². The van der Waals surface area contributed by atoms with E-state index < -0.39 is 18.1 Å². The summed E-state index contributed by atoms with van der Waals surface area (Å²) in [5.74, 6) is 0.334. The maximum Gasteiger partial charge on any atom is 0.216 e. The quantitative estimate of drug-likeness (QED) is 0.207. The predicted molar refractivity (Wildman–Crippen MR) is 136 cm³/mol. The van der Waals surface area contributed by atoms with Crippen LogP contribution in [0.25, 0.3) is 49.2 Å². The Morgan fingerprint density at radius 2 is 1.61 bits per heavy atom. The van der Waals surface area contributed by atoms with E-state index in [9.17, 15) is 0 Å². The third-order valence-corrected chi connectivity index (χ3v) is 6.36. The van der Waals surface area contributed by atoms with E-state index in [1.165, 1.54) is 5.56 Å². The van der Waals surface area contributed by atoms with Crippen LogP contribution in [-0.2, 0) is 7.05 Å². The van der Waals surface area contributed by atoms with Gasteiger partial charge in [-0.25, -0.2) is 4.85 Å². The smallest absolute Gasteiger partial charge is 0.216 e. The van der Waals surface area contributed by atoms with Crippen LogP contribution < -0.4 is 4.57 Å². The molecule has 2 heterocycles. The molecule has 0 saturated heterocycles. The summed E-state index contributed by atoms with van der Waals surface area (Å²) in [5.41, 5.74) is 6.54. The van der Waals surface area contributed by atoms with E-state index in [2.05, 4.69) is 42.3 Å². The van der Waals surface area contributed by atoms with Gasteiger partial charge in [-0.15, -0.1) is 0 Å². The second-order valence-corrected chi connectivity index (χ2v) is 8.71. The Morgan fingerprint density at radius 1 is 0.939 bits per heavy atom. The first-order chi connectivity index (χ1) is 18.0. The third-order valence-electron chi connectivity index (χ3n) is 6.36. The molecule has 162 valence electrons. The Bertz CT molecular complexity index is 1820. The van der Waals surface area contributed by atoms with Crippen LogP contribution in [0.5, 0.6) is 0 Å². The fraction of sp³-hybridized carbons (Fsp3) is 0.200. The maximum absolute atomic E-state index is 8.56. The SMILES string of the molecule is [2H]c1c([2H])c([2H])c(-c2c([N+]#[C-])ccc3c2oc2c(-c4cc(C(C)C)cc(C)[n+]4C)c(C)ccc23)c([2H])c1[2H]. The molecule has 3 heteroatoms. The Hall–Kier alpha value is -3.90. The normalized spacial score (nSPS) is 13.5. The molecule has 0 N–H and O–H groups in total. The van der Waals surface area contributed by atoms with Gasteiger partial charge in [-0.1, -0.05) is 68.3 Å². The largest absolute Gasteiger partial charge is 0.456 e. The molecule has 0 bridgehead atoms. The lowest BCUT2D eigenvalue weighted by molar-refractivity contribution is -0.666. The van der Waals surface area contributed by atoms with Crippen LogP contribution in [0.15, 0.2) is 71.0 Å². The number of pyridine rings is 1. The molecular weight excluding hydrogens is 404 g/mol. The Labute approximate surface area is 201 Å². The minimum absolute atomic E-state index is 0.0341. The van der Waals surface area contributed by atoms with Crippen molar-refractivity contribution in [2.75, 3.05) is 0 Å². The number of hydrogen-bond acceptors (Lipinski definition) is 1. The van der Waals surface area contributed by atoms with Gasteiger partial charge in [0.2, 0.25) is 5.69 Å². The molecule has 0 saturated carbocycles. The van der Waals surface area contributed by atoms with Crippen molar-refractivity contribution in [3.63, 3.8) is 0 Å². The summed E-state index contributed by atoms with van der Waals surface area (Å²) in [6.07, 6.45) is 0. The Morgan fingerprint density at radius 3 is 2.27 bits per heavy atom. The molecule has 33 heavy (non-hydrogen) atoms. The van der Waals surface area contributed by atoms with E-state index in [1.807, 2.05) is 32.2 Å². The van der Waals surface area contributed by atoms with Crippen molar-refractivity contribution < 1.29 is 15.8 Å². The first-order valence-electron chi connectivity index (χ1n) is 13.4. The molecular formula is C30H27N2O+. The van der Waals surface area contributed by atoms with E-state index in [0.717, 1.165) is 33.3 Å². The molecule has 0 amide bonds. The molecule has 5 rings (SSSR count). The van der Waals surface area contributed by atoms with Crippen molar-refractivity contribution >= 4 is 27.6 Å². The molecule has 0 aliphatic heterocycles. The van der Waals surface area contributed by atoms with Gasteiger partial charge in [0.1, 0.15) is 18.2 Å². The summed E-state index contributed by atoms with van der Waals surface area (Å²) in [5, 5.41) is 1.55. The topological polar surface area (TPSA) is 21.4 Å². The molecule has 0 aliphatic carbocycles. The highest BCUT2D eigenvalue weighted by atomic mass is 16.3. The summed E-state index contributed by atoms with van der Waals surface area (Å²) < 4.78 is 50.2.